The average molecular weight is 689 g/mol. The lowest BCUT2D eigenvalue weighted by molar-refractivity contribution is -0.130. The van der Waals surface area contributed by atoms with Crippen LogP contribution in [0.25, 0.3) is 17.4 Å². The second-order valence-corrected chi connectivity index (χ2v) is 13.4. The van der Waals surface area contributed by atoms with Crippen LogP contribution < -0.4 is 15.5 Å². The minimum absolute atomic E-state index is 0.0106. The Bertz CT molecular complexity index is 1990. The van der Waals surface area contributed by atoms with E-state index in [2.05, 4.69) is 10.6 Å². The molecule has 0 spiro atoms. The van der Waals surface area contributed by atoms with Gasteiger partial charge in [0.1, 0.15) is 23.0 Å². The van der Waals surface area contributed by atoms with Gasteiger partial charge in [0.2, 0.25) is 5.91 Å². The molecule has 254 valence electrons. The molecule has 1 fully saturated rings. The highest BCUT2D eigenvalue weighted by Gasteiger charge is 2.26. The fraction of sp³-hybridized carbons (Fsp3) is 0.175. The number of nitrogens with one attached hydrogen (secondary N) is 2. The number of aryl methyl sites for hydroxylation is 1. The van der Waals surface area contributed by atoms with Gasteiger partial charge in [0.05, 0.1) is 10.9 Å². The maximum Gasteiger partial charge on any atom is 0.272 e. The predicted octanol–water partition coefficient (Wildman–Crippen LogP) is 7.63. The fourth-order valence-electron chi connectivity index (χ4n) is 5.59. The van der Waals surface area contributed by atoms with E-state index >= 15 is 0 Å². The molecule has 3 amide bonds. The molecule has 50 heavy (non-hydrogen) atoms. The van der Waals surface area contributed by atoms with Gasteiger partial charge in [0, 0.05) is 54.0 Å². The largest absolute Gasteiger partial charge is 0.457 e. The summed E-state index contributed by atoms with van der Waals surface area (Å²) in [6.45, 7) is 6.05. The number of furan rings is 1. The first-order chi connectivity index (χ1) is 24.2. The van der Waals surface area contributed by atoms with Crippen molar-refractivity contribution >= 4 is 46.9 Å². The molecular weight excluding hydrogens is 652 g/mol. The number of hydrogen-bond acceptors (Lipinski definition) is 6. The van der Waals surface area contributed by atoms with E-state index in [0.29, 0.717) is 54.6 Å². The van der Waals surface area contributed by atoms with E-state index in [1.165, 1.54) is 23.9 Å². The number of piperazine rings is 1. The Morgan fingerprint density at radius 1 is 0.820 bits per heavy atom. The number of thioether (sulfide) groups is 1. The number of amides is 3. The molecular formula is C40H37FN4O4S. The van der Waals surface area contributed by atoms with Gasteiger partial charge in [0.25, 0.3) is 11.8 Å². The van der Waals surface area contributed by atoms with Crippen LogP contribution >= 0.6 is 11.8 Å². The number of para-hydroxylation sites is 1. The topological polar surface area (TPSA) is 94.9 Å². The van der Waals surface area contributed by atoms with E-state index in [-0.39, 0.29) is 22.7 Å². The van der Waals surface area contributed by atoms with Crippen LogP contribution in [0.15, 0.2) is 130 Å². The standard InChI is InChI=1S/C40H37FN4O4S/c1-27-12-14-29(15-13-27)37-21-18-32(49-37)26-35(43-38(46)30-8-4-3-5-9-30)39(47)42-31-16-19-33(20-17-31)50-28(2)40(48)45-24-22-44(23-25-45)36-11-7-6-10-34(36)41/h3-21,26,28H,22-25H2,1-2H3,(H,42,47)(H,43,46)/b35-26-/t28-/m1/s1. The molecule has 2 heterocycles. The van der Waals surface area contributed by atoms with Crippen molar-refractivity contribution in [2.75, 3.05) is 36.4 Å². The molecule has 2 N–H and O–H groups in total. The fourth-order valence-corrected chi connectivity index (χ4v) is 6.54. The summed E-state index contributed by atoms with van der Waals surface area (Å²) in [5.41, 5.74) is 3.52. The SMILES string of the molecule is Cc1ccc(-c2ccc(/C=C(\NC(=O)c3ccccc3)C(=O)Nc3ccc(S[C@H](C)C(=O)N4CCN(c5ccccc5F)CC4)cc3)o2)cc1. The molecule has 1 aromatic heterocycles. The summed E-state index contributed by atoms with van der Waals surface area (Å²) >= 11 is 1.43. The Balaban J connectivity index is 1.09. The minimum atomic E-state index is -0.527. The normalized spacial score (nSPS) is 13.9. The first kappa shape index (κ1) is 34.3. The van der Waals surface area contributed by atoms with Crippen LogP contribution in [-0.2, 0) is 9.59 Å². The maximum absolute atomic E-state index is 14.2. The van der Waals surface area contributed by atoms with Gasteiger partial charge in [-0.05, 0) is 74.5 Å². The third-order valence-corrected chi connectivity index (χ3v) is 9.44. The Morgan fingerprint density at radius 2 is 1.50 bits per heavy atom. The summed E-state index contributed by atoms with van der Waals surface area (Å²) < 4.78 is 20.2. The number of nitrogens with zero attached hydrogens (tertiary/aromatic N) is 2. The molecule has 1 atom stereocenters. The molecule has 4 aromatic carbocycles. The molecule has 1 saturated heterocycles. The monoisotopic (exact) mass is 688 g/mol. The van der Waals surface area contributed by atoms with Gasteiger partial charge in [-0.25, -0.2) is 4.39 Å². The van der Waals surface area contributed by atoms with Gasteiger partial charge in [-0.1, -0.05) is 60.2 Å². The van der Waals surface area contributed by atoms with E-state index in [1.54, 1.807) is 54.6 Å². The zero-order valence-electron chi connectivity index (χ0n) is 27.8. The second kappa shape index (κ2) is 15.7. The minimum Gasteiger partial charge on any atom is -0.457 e. The number of halogens is 1. The summed E-state index contributed by atoms with van der Waals surface area (Å²) in [5.74, 6) is -0.162. The molecule has 10 heteroatoms. The lowest BCUT2D eigenvalue weighted by Gasteiger charge is -2.37. The Morgan fingerprint density at radius 3 is 2.20 bits per heavy atom. The number of carbonyl (C=O) groups excluding carboxylic acids is 3. The average Bonchev–Trinajstić information content (AvgIpc) is 3.61. The number of rotatable bonds is 10. The molecule has 0 aliphatic carbocycles. The van der Waals surface area contributed by atoms with Crippen molar-refractivity contribution in [2.24, 2.45) is 0 Å². The summed E-state index contributed by atoms with van der Waals surface area (Å²) in [6.07, 6.45) is 1.50. The predicted molar refractivity (Wildman–Crippen MR) is 196 cm³/mol. The Hall–Kier alpha value is -5.61. The lowest BCUT2D eigenvalue weighted by atomic mass is 10.1. The van der Waals surface area contributed by atoms with E-state index in [9.17, 15) is 18.8 Å². The number of carbonyl (C=O) groups is 3. The van der Waals surface area contributed by atoms with E-state index in [0.717, 1.165) is 16.0 Å². The number of benzene rings is 4. The van der Waals surface area contributed by atoms with Crippen LogP contribution in [0.2, 0.25) is 0 Å². The molecule has 8 nitrogen and oxygen atoms in total. The highest BCUT2D eigenvalue weighted by molar-refractivity contribution is 8.00. The summed E-state index contributed by atoms with van der Waals surface area (Å²) in [7, 11) is 0. The zero-order chi connectivity index (χ0) is 35.0. The molecule has 0 unspecified atom stereocenters. The smallest absolute Gasteiger partial charge is 0.272 e. The van der Waals surface area contributed by atoms with E-state index in [1.807, 2.05) is 78.2 Å². The molecule has 1 aliphatic heterocycles. The van der Waals surface area contributed by atoms with Gasteiger partial charge in [-0.2, -0.15) is 0 Å². The Labute approximate surface area is 295 Å². The first-order valence-electron chi connectivity index (χ1n) is 16.3. The third kappa shape index (κ3) is 8.51. The lowest BCUT2D eigenvalue weighted by Crippen LogP contribution is -2.50. The van der Waals surface area contributed by atoms with Crippen molar-refractivity contribution in [3.8, 4) is 11.3 Å². The van der Waals surface area contributed by atoms with Crippen molar-refractivity contribution in [3.63, 3.8) is 0 Å². The summed E-state index contributed by atoms with van der Waals surface area (Å²) in [6, 6.07) is 34.0. The Kier molecular flexibility index (Phi) is 10.8. The molecule has 0 radical (unpaired) electrons. The van der Waals surface area contributed by atoms with Crippen molar-refractivity contribution in [1.29, 1.82) is 0 Å². The third-order valence-electron chi connectivity index (χ3n) is 8.34. The quantitative estimate of drug-likeness (QED) is 0.116. The van der Waals surface area contributed by atoms with Crippen LogP contribution in [0, 0.1) is 12.7 Å². The maximum atomic E-state index is 14.2. The van der Waals surface area contributed by atoms with Gasteiger partial charge in [0.15, 0.2) is 0 Å². The highest BCUT2D eigenvalue weighted by atomic mass is 32.2. The second-order valence-electron chi connectivity index (χ2n) is 11.9. The first-order valence-corrected chi connectivity index (χ1v) is 17.2. The van der Waals surface area contributed by atoms with E-state index < -0.39 is 11.8 Å². The molecule has 0 saturated carbocycles. The van der Waals surface area contributed by atoms with Crippen LogP contribution in [0.5, 0.6) is 0 Å². The van der Waals surface area contributed by atoms with Crippen molar-refractivity contribution < 1.29 is 23.2 Å². The van der Waals surface area contributed by atoms with Crippen molar-refractivity contribution in [1.82, 2.24) is 10.2 Å². The van der Waals surface area contributed by atoms with Crippen LogP contribution in [0.4, 0.5) is 15.8 Å². The van der Waals surface area contributed by atoms with Crippen molar-refractivity contribution in [3.05, 3.63) is 144 Å². The molecule has 6 rings (SSSR count). The highest BCUT2D eigenvalue weighted by Crippen LogP contribution is 2.28. The van der Waals surface area contributed by atoms with Crippen LogP contribution in [0.1, 0.15) is 28.6 Å². The van der Waals surface area contributed by atoms with Gasteiger partial charge >= 0.3 is 0 Å². The molecule has 5 aromatic rings. The van der Waals surface area contributed by atoms with Crippen LogP contribution in [0.3, 0.4) is 0 Å². The number of anilines is 2. The summed E-state index contributed by atoms with van der Waals surface area (Å²) in [4.78, 5) is 44.5. The van der Waals surface area contributed by atoms with Gasteiger partial charge in [-0.3, -0.25) is 14.4 Å². The van der Waals surface area contributed by atoms with Crippen molar-refractivity contribution in [2.45, 2.75) is 24.0 Å². The van der Waals surface area contributed by atoms with Crippen LogP contribution in [-0.4, -0.2) is 54.1 Å². The molecule has 0 bridgehead atoms. The molecule has 1 aliphatic rings. The van der Waals surface area contributed by atoms with Gasteiger partial charge in [-0.15, -0.1) is 11.8 Å². The summed E-state index contributed by atoms with van der Waals surface area (Å²) in [5, 5.41) is 5.26. The van der Waals surface area contributed by atoms with E-state index in [4.69, 9.17) is 4.42 Å². The zero-order valence-corrected chi connectivity index (χ0v) is 28.6. The van der Waals surface area contributed by atoms with Gasteiger partial charge < -0.3 is 24.9 Å². The number of hydrogen-bond donors (Lipinski definition) is 2.